The second-order valence-electron chi connectivity index (χ2n) is 4.11. The number of hydrogen-bond donors (Lipinski definition) is 1. The minimum atomic E-state index is -2.62. The lowest BCUT2D eigenvalue weighted by molar-refractivity contribution is -0.0621. The predicted molar refractivity (Wildman–Crippen MR) is 63.4 cm³/mol. The van der Waals surface area contributed by atoms with Gasteiger partial charge in [-0.15, -0.1) is 12.4 Å². The monoisotopic (exact) mass is 247 g/mol. The Balaban J connectivity index is 0.00000128. The van der Waals surface area contributed by atoms with Crippen molar-refractivity contribution < 1.29 is 8.78 Å². The smallest absolute Gasteiger partial charge is 0.267 e. The minimum Gasteiger partial charge on any atom is -0.305 e. The standard InChI is InChI=1S/C12H15F2N.ClH/c1-9-5-2-3-6-10(9)11-12(13,14)7-4-8-15-11;/h2-3,5-6,11,15H,4,7-8H2,1H3;1H. The Morgan fingerprint density at radius 2 is 2.00 bits per heavy atom. The molecule has 1 aromatic rings. The van der Waals surface area contributed by atoms with Gasteiger partial charge in [0.05, 0.1) is 6.04 Å². The maximum atomic E-state index is 13.7. The van der Waals surface area contributed by atoms with Gasteiger partial charge in [-0.25, -0.2) is 8.78 Å². The fourth-order valence-corrected chi connectivity index (χ4v) is 2.11. The molecule has 1 fully saturated rings. The molecule has 1 saturated heterocycles. The third-order valence-corrected chi connectivity index (χ3v) is 2.96. The van der Waals surface area contributed by atoms with E-state index < -0.39 is 12.0 Å². The summed E-state index contributed by atoms with van der Waals surface area (Å²) < 4.78 is 27.3. The number of benzene rings is 1. The maximum absolute atomic E-state index is 13.7. The van der Waals surface area contributed by atoms with E-state index in [4.69, 9.17) is 0 Å². The topological polar surface area (TPSA) is 12.0 Å². The molecule has 1 aromatic carbocycles. The number of piperidine rings is 1. The Bertz CT molecular complexity index is 355. The lowest BCUT2D eigenvalue weighted by Crippen LogP contribution is -2.42. The maximum Gasteiger partial charge on any atom is 0.267 e. The first-order chi connectivity index (χ1) is 7.11. The van der Waals surface area contributed by atoms with Crippen molar-refractivity contribution in [3.8, 4) is 0 Å². The van der Waals surface area contributed by atoms with Crippen LogP contribution in [0.4, 0.5) is 8.78 Å². The van der Waals surface area contributed by atoms with E-state index in [1.54, 1.807) is 6.07 Å². The molecule has 90 valence electrons. The van der Waals surface area contributed by atoms with Crippen LogP contribution in [0.2, 0.25) is 0 Å². The number of nitrogens with one attached hydrogen (secondary N) is 1. The van der Waals surface area contributed by atoms with Gasteiger partial charge in [-0.1, -0.05) is 24.3 Å². The van der Waals surface area contributed by atoms with Gasteiger partial charge >= 0.3 is 0 Å². The molecule has 2 rings (SSSR count). The number of hydrogen-bond acceptors (Lipinski definition) is 1. The Kier molecular flexibility index (Phi) is 4.28. The number of alkyl halides is 2. The highest BCUT2D eigenvalue weighted by molar-refractivity contribution is 5.85. The largest absolute Gasteiger partial charge is 0.305 e. The van der Waals surface area contributed by atoms with Gasteiger partial charge in [0.25, 0.3) is 5.92 Å². The molecule has 0 radical (unpaired) electrons. The molecule has 1 aliphatic rings. The van der Waals surface area contributed by atoms with Crippen molar-refractivity contribution in [2.45, 2.75) is 31.7 Å². The molecule has 1 heterocycles. The fourth-order valence-electron chi connectivity index (χ4n) is 2.11. The van der Waals surface area contributed by atoms with Gasteiger partial charge in [0.1, 0.15) is 0 Å². The van der Waals surface area contributed by atoms with E-state index in [9.17, 15) is 8.78 Å². The van der Waals surface area contributed by atoms with Crippen molar-refractivity contribution in [1.29, 1.82) is 0 Å². The summed E-state index contributed by atoms with van der Waals surface area (Å²) >= 11 is 0. The van der Waals surface area contributed by atoms with Crippen molar-refractivity contribution in [3.05, 3.63) is 35.4 Å². The van der Waals surface area contributed by atoms with E-state index in [0.717, 1.165) is 11.1 Å². The van der Waals surface area contributed by atoms with Crippen LogP contribution in [0.25, 0.3) is 0 Å². The molecule has 1 atom stereocenters. The first-order valence-electron chi connectivity index (χ1n) is 5.28. The summed E-state index contributed by atoms with van der Waals surface area (Å²) in [6.45, 7) is 2.55. The van der Waals surface area contributed by atoms with Gasteiger partial charge in [0.2, 0.25) is 0 Å². The highest BCUT2D eigenvalue weighted by atomic mass is 35.5. The van der Waals surface area contributed by atoms with Crippen LogP contribution in [0.3, 0.4) is 0 Å². The summed E-state index contributed by atoms with van der Waals surface area (Å²) in [5.41, 5.74) is 1.65. The Morgan fingerprint density at radius 1 is 1.31 bits per heavy atom. The zero-order valence-electron chi connectivity index (χ0n) is 9.17. The van der Waals surface area contributed by atoms with Gasteiger partial charge in [-0.3, -0.25) is 0 Å². The molecule has 1 N–H and O–H groups in total. The van der Waals surface area contributed by atoms with E-state index in [1.165, 1.54) is 0 Å². The summed E-state index contributed by atoms with van der Waals surface area (Å²) in [7, 11) is 0. The Labute approximate surface area is 101 Å². The summed E-state index contributed by atoms with van der Waals surface area (Å²) in [6.07, 6.45) is 0.536. The highest BCUT2D eigenvalue weighted by Gasteiger charge is 2.42. The van der Waals surface area contributed by atoms with Crippen molar-refractivity contribution in [3.63, 3.8) is 0 Å². The Morgan fingerprint density at radius 3 is 2.62 bits per heavy atom. The first-order valence-corrected chi connectivity index (χ1v) is 5.28. The Hall–Kier alpha value is -0.670. The second-order valence-corrected chi connectivity index (χ2v) is 4.11. The molecule has 0 aliphatic carbocycles. The van der Waals surface area contributed by atoms with Crippen molar-refractivity contribution in [2.24, 2.45) is 0 Å². The van der Waals surface area contributed by atoms with Crippen LogP contribution in [0.5, 0.6) is 0 Å². The molecule has 1 aliphatic heterocycles. The van der Waals surface area contributed by atoms with E-state index in [2.05, 4.69) is 5.32 Å². The molecule has 0 aromatic heterocycles. The minimum absolute atomic E-state index is 0. The molecule has 1 unspecified atom stereocenters. The molecule has 0 spiro atoms. The van der Waals surface area contributed by atoms with Crippen LogP contribution in [-0.2, 0) is 0 Å². The second kappa shape index (κ2) is 5.11. The van der Waals surface area contributed by atoms with Gasteiger partial charge in [-0.2, -0.15) is 0 Å². The van der Waals surface area contributed by atoms with E-state index >= 15 is 0 Å². The van der Waals surface area contributed by atoms with E-state index in [-0.39, 0.29) is 18.8 Å². The SMILES string of the molecule is Cc1ccccc1C1NCCCC1(F)F.Cl. The first kappa shape index (κ1) is 13.4. The molecule has 0 saturated carbocycles. The number of halogens is 3. The van der Waals surface area contributed by atoms with Crippen LogP contribution in [0, 0.1) is 6.92 Å². The van der Waals surface area contributed by atoms with Crippen molar-refractivity contribution >= 4 is 12.4 Å². The predicted octanol–water partition coefficient (Wildman–Crippen LogP) is 3.48. The summed E-state index contributed by atoms with van der Waals surface area (Å²) in [4.78, 5) is 0. The summed E-state index contributed by atoms with van der Waals surface area (Å²) in [5, 5.41) is 2.92. The highest BCUT2D eigenvalue weighted by Crippen LogP contribution is 2.38. The normalized spacial score (nSPS) is 23.6. The molecule has 4 heteroatoms. The van der Waals surface area contributed by atoms with Crippen molar-refractivity contribution in [1.82, 2.24) is 5.32 Å². The molecule has 0 amide bonds. The average molecular weight is 248 g/mol. The van der Waals surface area contributed by atoms with Crippen LogP contribution in [-0.4, -0.2) is 12.5 Å². The van der Waals surface area contributed by atoms with Gasteiger partial charge < -0.3 is 5.32 Å². The van der Waals surface area contributed by atoms with Gasteiger partial charge in [0.15, 0.2) is 0 Å². The van der Waals surface area contributed by atoms with Crippen LogP contribution in [0.1, 0.15) is 30.0 Å². The third kappa shape index (κ3) is 2.53. The fraction of sp³-hybridized carbons (Fsp3) is 0.500. The zero-order valence-corrected chi connectivity index (χ0v) is 9.99. The molecule has 0 bridgehead atoms. The van der Waals surface area contributed by atoms with Crippen molar-refractivity contribution in [2.75, 3.05) is 6.54 Å². The summed E-state index contributed by atoms with van der Waals surface area (Å²) in [5.74, 6) is -2.62. The molecular formula is C12H16ClF2N. The van der Waals surface area contributed by atoms with Gasteiger partial charge in [-0.05, 0) is 31.0 Å². The number of rotatable bonds is 1. The quantitative estimate of drug-likeness (QED) is 0.801. The molecular weight excluding hydrogens is 232 g/mol. The zero-order chi connectivity index (χ0) is 10.9. The summed E-state index contributed by atoms with van der Waals surface area (Å²) in [6, 6.07) is 6.54. The van der Waals surface area contributed by atoms with Crippen LogP contribution in [0.15, 0.2) is 24.3 Å². The lowest BCUT2D eigenvalue weighted by atomic mass is 9.91. The third-order valence-electron chi connectivity index (χ3n) is 2.96. The lowest BCUT2D eigenvalue weighted by Gasteiger charge is -2.33. The number of aryl methyl sites for hydroxylation is 1. The van der Waals surface area contributed by atoms with Crippen LogP contribution < -0.4 is 5.32 Å². The van der Waals surface area contributed by atoms with E-state index in [0.29, 0.717) is 13.0 Å². The average Bonchev–Trinajstić information content (AvgIpc) is 2.19. The van der Waals surface area contributed by atoms with Crippen LogP contribution >= 0.6 is 12.4 Å². The molecule has 1 nitrogen and oxygen atoms in total. The molecule has 16 heavy (non-hydrogen) atoms. The van der Waals surface area contributed by atoms with Gasteiger partial charge in [0, 0.05) is 6.42 Å². The van der Waals surface area contributed by atoms with E-state index in [1.807, 2.05) is 25.1 Å².